The standard InChI is InChI=1S/C13H14N4/c1-9-3-4-11(6-14)5-13(9)16-8-12-7-15-10(2)17-12/h3-5,7,16H,8H2,1-2H3,(H,15,17). The molecule has 86 valence electrons. The summed E-state index contributed by atoms with van der Waals surface area (Å²) in [7, 11) is 0. The summed E-state index contributed by atoms with van der Waals surface area (Å²) in [6.45, 7) is 4.61. The van der Waals surface area contributed by atoms with Crippen LogP contribution in [0.5, 0.6) is 0 Å². The molecule has 0 unspecified atom stereocenters. The van der Waals surface area contributed by atoms with E-state index in [4.69, 9.17) is 5.26 Å². The number of benzene rings is 1. The monoisotopic (exact) mass is 226 g/mol. The number of anilines is 1. The van der Waals surface area contributed by atoms with E-state index in [9.17, 15) is 0 Å². The minimum absolute atomic E-state index is 0.666. The van der Waals surface area contributed by atoms with Crippen molar-refractivity contribution in [2.75, 3.05) is 5.32 Å². The van der Waals surface area contributed by atoms with Crippen molar-refractivity contribution in [3.8, 4) is 6.07 Å². The average molecular weight is 226 g/mol. The molecule has 0 radical (unpaired) electrons. The van der Waals surface area contributed by atoms with Gasteiger partial charge in [0.1, 0.15) is 5.82 Å². The summed E-state index contributed by atoms with van der Waals surface area (Å²) in [4.78, 5) is 7.29. The van der Waals surface area contributed by atoms with E-state index in [-0.39, 0.29) is 0 Å². The Bertz CT molecular complexity index is 563. The highest BCUT2D eigenvalue weighted by atomic mass is 15.0. The number of hydrogen-bond donors (Lipinski definition) is 2. The molecule has 1 aromatic carbocycles. The Morgan fingerprint density at radius 3 is 2.88 bits per heavy atom. The van der Waals surface area contributed by atoms with E-state index in [0.717, 1.165) is 22.8 Å². The number of imidazole rings is 1. The molecule has 1 heterocycles. The number of H-pyrrole nitrogens is 1. The van der Waals surface area contributed by atoms with Gasteiger partial charge in [-0.3, -0.25) is 0 Å². The first-order valence-corrected chi connectivity index (χ1v) is 5.44. The van der Waals surface area contributed by atoms with Crippen molar-refractivity contribution in [1.82, 2.24) is 9.97 Å². The number of hydrogen-bond acceptors (Lipinski definition) is 3. The molecule has 0 saturated heterocycles. The van der Waals surface area contributed by atoms with E-state index >= 15 is 0 Å². The van der Waals surface area contributed by atoms with E-state index in [0.29, 0.717) is 12.1 Å². The van der Waals surface area contributed by atoms with Gasteiger partial charge in [-0.15, -0.1) is 0 Å². The van der Waals surface area contributed by atoms with Gasteiger partial charge in [-0.25, -0.2) is 4.98 Å². The lowest BCUT2D eigenvalue weighted by Crippen LogP contribution is -2.01. The Morgan fingerprint density at radius 2 is 2.24 bits per heavy atom. The molecule has 2 rings (SSSR count). The fraction of sp³-hybridized carbons (Fsp3) is 0.231. The Hall–Kier alpha value is -2.28. The summed E-state index contributed by atoms with van der Waals surface area (Å²) in [6.07, 6.45) is 1.81. The summed E-state index contributed by atoms with van der Waals surface area (Å²) in [5.41, 5.74) is 3.81. The van der Waals surface area contributed by atoms with Crippen LogP contribution in [0.15, 0.2) is 24.4 Å². The lowest BCUT2D eigenvalue weighted by molar-refractivity contribution is 1.04. The highest BCUT2D eigenvalue weighted by molar-refractivity contribution is 5.55. The zero-order valence-corrected chi connectivity index (χ0v) is 9.91. The van der Waals surface area contributed by atoms with Crippen LogP contribution in [0.4, 0.5) is 5.69 Å². The molecule has 2 aromatic rings. The second-order valence-corrected chi connectivity index (χ2v) is 3.99. The third-order valence-electron chi connectivity index (χ3n) is 2.59. The normalized spacial score (nSPS) is 9.94. The van der Waals surface area contributed by atoms with Gasteiger partial charge in [0.2, 0.25) is 0 Å². The molecule has 0 spiro atoms. The molecular weight excluding hydrogens is 212 g/mol. The first kappa shape index (κ1) is 11.2. The molecule has 4 nitrogen and oxygen atoms in total. The van der Waals surface area contributed by atoms with Crippen molar-refractivity contribution < 1.29 is 0 Å². The third-order valence-corrected chi connectivity index (χ3v) is 2.59. The lowest BCUT2D eigenvalue weighted by Gasteiger charge is -2.08. The molecule has 1 aromatic heterocycles. The zero-order valence-electron chi connectivity index (χ0n) is 9.91. The van der Waals surface area contributed by atoms with Gasteiger partial charge in [-0.05, 0) is 31.5 Å². The molecule has 0 aliphatic carbocycles. The predicted octanol–water partition coefficient (Wildman–Crippen LogP) is 2.51. The van der Waals surface area contributed by atoms with Crippen molar-refractivity contribution in [2.45, 2.75) is 20.4 Å². The number of rotatable bonds is 3. The fourth-order valence-corrected chi connectivity index (χ4v) is 1.63. The van der Waals surface area contributed by atoms with Crippen LogP contribution in [-0.4, -0.2) is 9.97 Å². The van der Waals surface area contributed by atoms with Crippen molar-refractivity contribution in [3.05, 3.63) is 47.0 Å². The van der Waals surface area contributed by atoms with Crippen LogP contribution in [0.2, 0.25) is 0 Å². The Balaban J connectivity index is 2.11. The van der Waals surface area contributed by atoms with E-state index in [1.165, 1.54) is 0 Å². The maximum atomic E-state index is 8.85. The average Bonchev–Trinajstić information content (AvgIpc) is 2.74. The minimum atomic E-state index is 0.666. The first-order chi connectivity index (χ1) is 8.19. The van der Waals surface area contributed by atoms with Crippen LogP contribution >= 0.6 is 0 Å². The largest absolute Gasteiger partial charge is 0.379 e. The third kappa shape index (κ3) is 2.64. The molecule has 0 aliphatic heterocycles. The van der Waals surface area contributed by atoms with Crippen molar-refractivity contribution in [2.24, 2.45) is 0 Å². The second kappa shape index (κ2) is 4.71. The summed E-state index contributed by atoms with van der Waals surface area (Å²) in [6, 6.07) is 7.76. The van der Waals surface area contributed by atoms with Gasteiger partial charge < -0.3 is 10.3 Å². The van der Waals surface area contributed by atoms with Crippen LogP contribution in [0, 0.1) is 25.2 Å². The number of nitrogens with zero attached hydrogens (tertiary/aromatic N) is 2. The van der Waals surface area contributed by atoms with E-state index in [1.807, 2.05) is 38.2 Å². The molecule has 0 saturated carbocycles. The van der Waals surface area contributed by atoms with Crippen LogP contribution in [0.1, 0.15) is 22.6 Å². The topological polar surface area (TPSA) is 64.5 Å². The summed E-state index contributed by atoms with van der Waals surface area (Å²) < 4.78 is 0. The summed E-state index contributed by atoms with van der Waals surface area (Å²) in [5, 5.41) is 12.1. The Kier molecular flexibility index (Phi) is 3.10. The molecule has 2 N–H and O–H groups in total. The molecule has 0 aliphatic rings. The van der Waals surface area contributed by atoms with Gasteiger partial charge in [-0.2, -0.15) is 5.26 Å². The van der Waals surface area contributed by atoms with E-state index in [2.05, 4.69) is 21.4 Å². The van der Waals surface area contributed by atoms with Crippen molar-refractivity contribution >= 4 is 5.69 Å². The smallest absolute Gasteiger partial charge is 0.103 e. The number of aromatic amines is 1. The Labute approximate surface area is 100 Å². The molecular formula is C13H14N4. The summed E-state index contributed by atoms with van der Waals surface area (Å²) in [5.74, 6) is 0.907. The van der Waals surface area contributed by atoms with E-state index < -0.39 is 0 Å². The maximum absolute atomic E-state index is 8.85. The highest BCUT2D eigenvalue weighted by Crippen LogP contribution is 2.17. The molecule has 17 heavy (non-hydrogen) atoms. The lowest BCUT2D eigenvalue weighted by atomic mass is 10.1. The van der Waals surface area contributed by atoms with Crippen LogP contribution < -0.4 is 5.32 Å². The molecule has 4 heteroatoms. The number of nitriles is 1. The van der Waals surface area contributed by atoms with Crippen LogP contribution in [-0.2, 0) is 6.54 Å². The van der Waals surface area contributed by atoms with Gasteiger partial charge >= 0.3 is 0 Å². The van der Waals surface area contributed by atoms with Gasteiger partial charge in [-0.1, -0.05) is 6.07 Å². The molecule has 0 amide bonds. The number of aromatic nitrogens is 2. The Morgan fingerprint density at radius 1 is 1.41 bits per heavy atom. The molecule has 0 bridgehead atoms. The SMILES string of the molecule is Cc1ncc(CNc2cc(C#N)ccc2C)[nH]1. The minimum Gasteiger partial charge on any atom is -0.379 e. The zero-order chi connectivity index (χ0) is 12.3. The first-order valence-electron chi connectivity index (χ1n) is 5.44. The van der Waals surface area contributed by atoms with E-state index in [1.54, 1.807) is 0 Å². The van der Waals surface area contributed by atoms with Gasteiger partial charge in [0.25, 0.3) is 0 Å². The van der Waals surface area contributed by atoms with Crippen molar-refractivity contribution in [3.63, 3.8) is 0 Å². The maximum Gasteiger partial charge on any atom is 0.103 e. The second-order valence-electron chi connectivity index (χ2n) is 3.99. The van der Waals surface area contributed by atoms with Gasteiger partial charge in [0, 0.05) is 5.69 Å². The molecule has 0 fully saturated rings. The van der Waals surface area contributed by atoms with Crippen LogP contribution in [0.3, 0.4) is 0 Å². The highest BCUT2D eigenvalue weighted by Gasteiger charge is 2.01. The van der Waals surface area contributed by atoms with Gasteiger partial charge in [0.05, 0.1) is 30.1 Å². The molecule has 0 atom stereocenters. The van der Waals surface area contributed by atoms with Crippen LogP contribution in [0.25, 0.3) is 0 Å². The summed E-state index contributed by atoms with van der Waals surface area (Å²) >= 11 is 0. The number of aryl methyl sites for hydroxylation is 2. The van der Waals surface area contributed by atoms with Crippen molar-refractivity contribution in [1.29, 1.82) is 5.26 Å². The van der Waals surface area contributed by atoms with Gasteiger partial charge in [0.15, 0.2) is 0 Å². The number of nitrogens with one attached hydrogen (secondary N) is 2. The quantitative estimate of drug-likeness (QED) is 0.845. The fourth-order valence-electron chi connectivity index (χ4n) is 1.63. The predicted molar refractivity (Wildman–Crippen MR) is 66.5 cm³/mol.